The third kappa shape index (κ3) is 3.30. The standard InChI is InChI=1S/C14H12BrF2NO/c15-12-3-1-9(16)5-8(12)6-14(19)11-7-10(17)2-4-13(11)18/h1-5,7,14,19H,6,18H2. The molecule has 0 fully saturated rings. The van der Waals surface area contributed by atoms with Crippen LogP contribution < -0.4 is 5.73 Å². The first-order valence-corrected chi connectivity index (χ1v) is 6.43. The third-order valence-corrected chi connectivity index (χ3v) is 3.60. The van der Waals surface area contributed by atoms with Gasteiger partial charge in [-0.15, -0.1) is 0 Å². The second-order valence-corrected chi connectivity index (χ2v) is 5.08. The Morgan fingerprint density at radius 2 is 1.74 bits per heavy atom. The minimum absolute atomic E-state index is 0.145. The summed E-state index contributed by atoms with van der Waals surface area (Å²) in [5.74, 6) is -0.862. The molecule has 2 nitrogen and oxygen atoms in total. The smallest absolute Gasteiger partial charge is 0.123 e. The molecule has 2 aromatic carbocycles. The van der Waals surface area contributed by atoms with E-state index in [1.165, 1.54) is 30.3 Å². The number of hydrogen-bond donors (Lipinski definition) is 2. The average molecular weight is 328 g/mol. The van der Waals surface area contributed by atoms with Crippen LogP contribution in [0.25, 0.3) is 0 Å². The van der Waals surface area contributed by atoms with Gasteiger partial charge in [-0.2, -0.15) is 0 Å². The molecule has 0 aliphatic heterocycles. The van der Waals surface area contributed by atoms with Gasteiger partial charge >= 0.3 is 0 Å². The molecule has 1 atom stereocenters. The first-order chi connectivity index (χ1) is 8.97. The summed E-state index contributed by atoms with van der Waals surface area (Å²) in [6.45, 7) is 0. The summed E-state index contributed by atoms with van der Waals surface area (Å²) >= 11 is 3.28. The molecule has 0 heterocycles. The van der Waals surface area contributed by atoms with Gasteiger partial charge in [0.2, 0.25) is 0 Å². The Hall–Kier alpha value is -1.46. The predicted molar refractivity (Wildman–Crippen MR) is 73.6 cm³/mol. The van der Waals surface area contributed by atoms with E-state index in [4.69, 9.17) is 5.73 Å². The highest BCUT2D eigenvalue weighted by molar-refractivity contribution is 9.10. The van der Waals surface area contributed by atoms with E-state index in [1.54, 1.807) is 6.07 Å². The van der Waals surface area contributed by atoms with Crippen LogP contribution in [-0.2, 0) is 6.42 Å². The van der Waals surface area contributed by atoms with Crippen molar-refractivity contribution < 1.29 is 13.9 Å². The summed E-state index contributed by atoms with van der Waals surface area (Å²) in [6, 6.07) is 8.01. The van der Waals surface area contributed by atoms with E-state index in [0.717, 1.165) is 0 Å². The lowest BCUT2D eigenvalue weighted by Crippen LogP contribution is -2.06. The molecule has 5 heteroatoms. The van der Waals surface area contributed by atoms with Gasteiger partial charge in [-0.1, -0.05) is 15.9 Å². The Kier molecular flexibility index (Phi) is 4.17. The zero-order valence-electron chi connectivity index (χ0n) is 9.91. The topological polar surface area (TPSA) is 46.2 Å². The third-order valence-electron chi connectivity index (χ3n) is 2.83. The van der Waals surface area contributed by atoms with E-state index in [-0.39, 0.29) is 6.42 Å². The Balaban J connectivity index is 2.27. The molecule has 0 radical (unpaired) electrons. The molecular weight excluding hydrogens is 316 g/mol. The van der Waals surface area contributed by atoms with Crippen molar-refractivity contribution in [1.29, 1.82) is 0 Å². The fraction of sp³-hybridized carbons (Fsp3) is 0.143. The zero-order chi connectivity index (χ0) is 14.0. The van der Waals surface area contributed by atoms with Crippen molar-refractivity contribution >= 4 is 21.6 Å². The average Bonchev–Trinajstić information content (AvgIpc) is 2.36. The molecule has 0 bridgehead atoms. The van der Waals surface area contributed by atoms with Crippen LogP contribution in [0.1, 0.15) is 17.2 Å². The number of rotatable bonds is 3. The second-order valence-electron chi connectivity index (χ2n) is 4.23. The van der Waals surface area contributed by atoms with Crippen molar-refractivity contribution in [1.82, 2.24) is 0 Å². The number of anilines is 1. The Labute approximate surface area is 118 Å². The molecule has 0 amide bonds. The van der Waals surface area contributed by atoms with Gasteiger partial charge in [0.1, 0.15) is 11.6 Å². The fourth-order valence-corrected chi connectivity index (χ4v) is 2.26. The molecule has 2 aromatic rings. The van der Waals surface area contributed by atoms with E-state index >= 15 is 0 Å². The van der Waals surface area contributed by atoms with Crippen molar-refractivity contribution in [3.63, 3.8) is 0 Å². The highest BCUT2D eigenvalue weighted by atomic mass is 79.9. The highest BCUT2D eigenvalue weighted by Crippen LogP contribution is 2.28. The molecule has 100 valence electrons. The fourth-order valence-electron chi connectivity index (χ4n) is 1.85. The van der Waals surface area contributed by atoms with Gasteiger partial charge in [-0.3, -0.25) is 0 Å². The molecule has 1 unspecified atom stereocenters. The Morgan fingerprint density at radius 3 is 2.47 bits per heavy atom. The summed E-state index contributed by atoms with van der Waals surface area (Å²) in [7, 11) is 0. The van der Waals surface area contributed by atoms with Crippen LogP contribution in [0.4, 0.5) is 14.5 Å². The van der Waals surface area contributed by atoms with Crippen molar-refractivity contribution in [3.8, 4) is 0 Å². The predicted octanol–water partition coefficient (Wildman–Crippen LogP) is 3.59. The monoisotopic (exact) mass is 327 g/mol. The van der Waals surface area contributed by atoms with Gasteiger partial charge in [-0.05, 0) is 42.0 Å². The van der Waals surface area contributed by atoms with E-state index in [9.17, 15) is 13.9 Å². The maximum absolute atomic E-state index is 13.2. The van der Waals surface area contributed by atoms with Crippen LogP contribution in [0.5, 0.6) is 0 Å². The number of aliphatic hydroxyl groups excluding tert-OH is 1. The number of benzene rings is 2. The summed E-state index contributed by atoms with van der Waals surface area (Å²) in [4.78, 5) is 0. The van der Waals surface area contributed by atoms with Crippen LogP contribution in [0.15, 0.2) is 40.9 Å². The SMILES string of the molecule is Nc1ccc(F)cc1C(O)Cc1cc(F)ccc1Br. The van der Waals surface area contributed by atoms with E-state index in [1.807, 2.05) is 0 Å². The first-order valence-electron chi connectivity index (χ1n) is 5.64. The molecule has 19 heavy (non-hydrogen) atoms. The van der Waals surface area contributed by atoms with Gasteiger partial charge in [0, 0.05) is 22.1 Å². The molecule has 0 saturated carbocycles. The summed E-state index contributed by atoms with van der Waals surface area (Å²) in [6.07, 6.45) is -0.847. The number of nitrogen functional groups attached to an aromatic ring is 1. The molecule has 0 aliphatic carbocycles. The first kappa shape index (κ1) is 14.0. The molecule has 2 rings (SSSR count). The van der Waals surface area contributed by atoms with E-state index in [2.05, 4.69) is 15.9 Å². The summed E-state index contributed by atoms with van der Waals surface area (Å²) in [5.41, 5.74) is 6.90. The van der Waals surface area contributed by atoms with Crippen LogP contribution in [0.2, 0.25) is 0 Å². The largest absolute Gasteiger partial charge is 0.398 e. The minimum atomic E-state index is -0.992. The minimum Gasteiger partial charge on any atom is -0.398 e. The van der Waals surface area contributed by atoms with Gasteiger partial charge in [0.25, 0.3) is 0 Å². The lowest BCUT2D eigenvalue weighted by molar-refractivity contribution is 0.178. The van der Waals surface area contributed by atoms with Crippen molar-refractivity contribution in [2.24, 2.45) is 0 Å². The van der Waals surface area contributed by atoms with Crippen molar-refractivity contribution in [2.75, 3.05) is 5.73 Å². The van der Waals surface area contributed by atoms with Crippen LogP contribution in [0.3, 0.4) is 0 Å². The molecule has 0 saturated heterocycles. The summed E-state index contributed by atoms with van der Waals surface area (Å²) < 4.78 is 27.0. The molecule has 0 aliphatic rings. The van der Waals surface area contributed by atoms with Crippen LogP contribution in [0, 0.1) is 11.6 Å². The highest BCUT2D eigenvalue weighted by Gasteiger charge is 2.15. The van der Waals surface area contributed by atoms with Crippen molar-refractivity contribution in [2.45, 2.75) is 12.5 Å². The number of nitrogens with two attached hydrogens (primary N) is 1. The van der Waals surface area contributed by atoms with Gasteiger partial charge in [0.15, 0.2) is 0 Å². The Bertz CT molecular complexity index is 604. The number of hydrogen-bond acceptors (Lipinski definition) is 2. The summed E-state index contributed by atoms with van der Waals surface area (Å²) in [5, 5.41) is 10.1. The van der Waals surface area contributed by atoms with Crippen LogP contribution in [-0.4, -0.2) is 5.11 Å². The molecular formula is C14H12BrF2NO. The van der Waals surface area contributed by atoms with E-state index < -0.39 is 17.7 Å². The lowest BCUT2D eigenvalue weighted by Gasteiger charge is -2.14. The maximum Gasteiger partial charge on any atom is 0.123 e. The molecule has 0 aromatic heterocycles. The lowest BCUT2D eigenvalue weighted by atomic mass is 10.00. The van der Waals surface area contributed by atoms with Gasteiger partial charge in [0.05, 0.1) is 6.10 Å². The number of aliphatic hydroxyl groups is 1. The van der Waals surface area contributed by atoms with Crippen molar-refractivity contribution in [3.05, 3.63) is 63.6 Å². The Morgan fingerprint density at radius 1 is 1.11 bits per heavy atom. The molecule has 0 spiro atoms. The zero-order valence-corrected chi connectivity index (χ0v) is 11.5. The normalized spacial score (nSPS) is 12.4. The van der Waals surface area contributed by atoms with Gasteiger partial charge < -0.3 is 10.8 Å². The van der Waals surface area contributed by atoms with Gasteiger partial charge in [-0.25, -0.2) is 8.78 Å². The quantitative estimate of drug-likeness (QED) is 0.846. The maximum atomic E-state index is 13.2. The molecule has 3 N–H and O–H groups in total. The van der Waals surface area contributed by atoms with E-state index in [0.29, 0.717) is 21.3 Å². The van der Waals surface area contributed by atoms with Crippen LogP contribution >= 0.6 is 15.9 Å². The second kappa shape index (κ2) is 5.67. The number of halogens is 3.